The van der Waals surface area contributed by atoms with E-state index in [-0.39, 0.29) is 6.42 Å². The summed E-state index contributed by atoms with van der Waals surface area (Å²) in [5.74, 6) is 0.0528. The number of unbranched alkanes of at least 4 members (excludes halogenated alkanes) is 2. The third kappa shape index (κ3) is 7.60. The summed E-state index contributed by atoms with van der Waals surface area (Å²) in [7, 11) is 0. The van der Waals surface area contributed by atoms with E-state index in [1.165, 1.54) is 6.33 Å². The van der Waals surface area contributed by atoms with Crippen molar-refractivity contribution >= 4 is 23.8 Å². The van der Waals surface area contributed by atoms with Gasteiger partial charge in [-0.15, -0.1) is 0 Å². The molecule has 0 aliphatic rings. The summed E-state index contributed by atoms with van der Waals surface area (Å²) < 4.78 is 0. The van der Waals surface area contributed by atoms with Gasteiger partial charge in [0.1, 0.15) is 6.04 Å². The number of H-pyrrole nitrogens is 1. The van der Waals surface area contributed by atoms with Gasteiger partial charge in [0.15, 0.2) is 0 Å². The molecule has 0 radical (unpaired) electrons. The summed E-state index contributed by atoms with van der Waals surface area (Å²) in [6, 6.07) is -1.42. The van der Waals surface area contributed by atoms with Gasteiger partial charge in [-0.3, -0.25) is 0 Å². The molecule has 0 unspecified atom stereocenters. The van der Waals surface area contributed by atoms with E-state index in [4.69, 9.17) is 5.11 Å². The molecule has 4 N–H and O–H groups in total. The maximum atomic E-state index is 11.7. The molecule has 0 bridgehead atoms. The summed E-state index contributed by atoms with van der Waals surface area (Å²) in [6.07, 6.45) is 8.34. The monoisotopic (exact) mass is 314 g/mol. The Morgan fingerprint density at radius 1 is 1.43 bits per heavy atom. The lowest BCUT2D eigenvalue weighted by Crippen LogP contribution is -2.47. The number of nitrogens with zero attached hydrogens (tertiary/aromatic N) is 1. The topological polar surface area (TPSA) is 107 Å². The summed E-state index contributed by atoms with van der Waals surface area (Å²) in [5.41, 5.74) is 0.666. The number of carbonyl (C=O) groups excluding carboxylic acids is 1. The zero-order chi connectivity index (χ0) is 15.5. The number of urea groups is 1. The molecule has 2 amide bonds. The lowest BCUT2D eigenvalue weighted by Gasteiger charge is -2.14. The second-order valence-corrected chi connectivity index (χ2v) is 5.61. The highest BCUT2D eigenvalue weighted by atomic mass is 32.2. The van der Waals surface area contributed by atoms with Crippen molar-refractivity contribution in [3.05, 3.63) is 18.2 Å². The van der Waals surface area contributed by atoms with E-state index >= 15 is 0 Å². The molecule has 1 rings (SSSR count). The molecular weight excluding hydrogens is 292 g/mol. The van der Waals surface area contributed by atoms with Gasteiger partial charge < -0.3 is 20.7 Å². The van der Waals surface area contributed by atoms with Crippen molar-refractivity contribution in [2.24, 2.45) is 0 Å². The van der Waals surface area contributed by atoms with Crippen LogP contribution >= 0.6 is 11.8 Å². The Balaban J connectivity index is 2.24. The predicted octanol–water partition coefficient (Wildman–Crippen LogP) is 1.24. The zero-order valence-electron chi connectivity index (χ0n) is 12.1. The average Bonchev–Trinajstić information content (AvgIpc) is 2.95. The molecule has 0 aliphatic heterocycles. The van der Waals surface area contributed by atoms with Crippen LogP contribution in [-0.2, 0) is 11.2 Å². The van der Waals surface area contributed by atoms with Crippen LogP contribution in [-0.4, -0.2) is 51.7 Å². The Morgan fingerprint density at radius 2 is 2.24 bits per heavy atom. The van der Waals surface area contributed by atoms with E-state index in [1.54, 1.807) is 18.0 Å². The Bertz CT molecular complexity index is 425. The summed E-state index contributed by atoms with van der Waals surface area (Å²) in [4.78, 5) is 29.4. The van der Waals surface area contributed by atoms with Crippen molar-refractivity contribution in [3.8, 4) is 0 Å². The van der Waals surface area contributed by atoms with E-state index in [1.807, 2.05) is 0 Å². The van der Waals surface area contributed by atoms with Crippen molar-refractivity contribution in [1.29, 1.82) is 0 Å². The number of imidazole rings is 1. The largest absolute Gasteiger partial charge is 0.480 e. The first kappa shape index (κ1) is 17.4. The van der Waals surface area contributed by atoms with Crippen LogP contribution in [0.1, 0.15) is 25.0 Å². The van der Waals surface area contributed by atoms with Gasteiger partial charge in [0.05, 0.1) is 6.33 Å². The molecule has 21 heavy (non-hydrogen) atoms. The Morgan fingerprint density at radius 3 is 2.86 bits per heavy atom. The third-order valence-corrected chi connectivity index (χ3v) is 3.59. The second-order valence-electron chi connectivity index (χ2n) is 4.63. The number of carboxylic acid groups (broad SMARTS) is 1. The van der Waals surface area contributed by atoms with E-state index < -0.39 is 18.0 Å². The van der Waals surface area contributed by atoms with Crippen LogP contribution in [0.4, 0.5) is 4.79 Å². The van der Waals surface area contributed by atoms with Crippen LogP contribution in [0.5, 0.6) is 0 Å². The van der Waals surface area contributed by atoms with Crippen LogP contribution in [0.3, 0.4) is 0 Å². The highest BCUT2D eigenvalue weighted by molar-refractivity contribution is 7.98. The lowest BCUT2D eigenvalue weighted by atomic mass is 10.2. The number of aliphatic carboxylic acids is 1. The molecule has 0 spiro atoms. The number of hydrogen-bond acceptors (Lipinski definition) is 4. The van der Waals surface area contributed by atoms with Gasteiger partial charge in [-0.1, -0.05) is 6.42 Å². The zero-order valence-corrected chi connectivity index (χ0v) is 12.9. The first-order valence-corrected chi connectivity index (χ1v) is 8.26. The fraction of sp³-hybridized carbons (Fsp3) is 0.615. The minimum atomic E-state index is -1.07. The van der Waals surface area contributed by atoms with Gasteiger partial charge in [0.2, 0.25) is 0 Å². The number of amides is 2. The van der Waals surface area contributed by atoms with Gasteiger partial charge in [-0.05, 0) is 24.9 Å². The Labute approximate surface area is 128 Å². The van der Waals surface area contributed by atoms with Crippen LogP contribution in [0.15, 0.2) is 12.5 Å². The molecule has 7 nitrogen and oxygen atoms in total. The van der Waals surface area contributed by atoms with E-state index in [2.05, 4.69) is 26.9 Å². The number of thioether (sulfide) groups is 1. The SMILES string of the molecule is CSCCCCCNC(=O)N[C@@H](Cc1cnc[nH]1)C(=O)O. The van der Waals surface area contributed by atoms with Gasteiger partial charge >= 0.3 is 12.0 Å². The number of carboxylic acids is 1. The maximum absolute atomic E-state index is 11.7. The minimum Gasteiger partial charge on any atom is -0.480 e. The normalized spacial score (nSPS) is 11.9. The molecule has 1 aromatic rings. The first-order chi connectivity index (χ1) is 10.1. The number of nitrogens with one attached hydrogen (secondary N) is 3. The van der Waals surface area contributed by atoms with Crippen molar-refractivity contribution < 1.29 is 14.7 Å². The number of hydrogen-bond donors (Lipinski definition) is 4. The second kappa shape index (κ2) is 10.1. The summed E-state index contributed by atoms with van der Waals surface area (Å²) >= 11 is 1.81. The van der Waals surface area contributed by atoms with Crippen LogP contribution in [0.2, 0.25) is 0 Å². The van der Waals surface area contributed by atoms with Crippen molar-refractivity contribution in [2.75, 3.05) is 18.6 Å². The summed E-state index contributed by atoms with van der Waals surface area (Å²) in [5, 5.41) is 14.2. The van der Waals surface area contributed by atoms with Crippen LogP contribution < -0.4 is 10.6 Å². The number of rotatable bonds is 10. The van der Waals surface area contributed by atoms with Gasteiger partial charge in [0, 0.05) is 24.9 Å². The standard InChI is InChI=1S/C13H22N4O3S/c1-21-6-4-2-3-5-15-13(20)17-11(12(18)19)7-10-8-14-9-16-10/h8-9,11H,2-7H2,1H3,(H,14,16)(H,18,19)(H2,15,17,20)/t11-/m0/s1. The minimum absolute atomic E-state index is 0.177. The number of aromatic amines is 1. The lowest BCUT2D eigenvalue weighted by molar-refractivity contribution is -0.139. The van der Waals surface area contributed by atoms with Crippen LogP contribution in [0, 0.1) is 0 Å². The molecule has 8 heteroatoms. The highest BCUT2D eigenvalue weighted by Gasteiger charge is 2.20. The molecule has 1 aromatic heterocycles. The average molecular weight is 314 g/mol. The fourth-order valence-corrected chi connectivity index (χ4v) is 2.27. The van der Waals surface area contributed by atoms with Gasteiger partial charge in [-0.25, -0.2) is 14.6 Å². The van der Waals surface area contributed by atoms with Crippen molar-refractivity contribution in [3.63, 3.8) is 0 Å². The molecule has 0 fully saturated rings. The molecule has 1 atom stereocenters. The number of carbonyl (C=O) groups is 2. The van der Waals surface area contributed by atoms with E-state index in [0.717, 1.165) is 25.0 Å². The fourth-order valence-electron chi connectivity index (χ4n) is 1.78. The number of aromatic nitrogens is 2. The van der Waals surface area contributed by atoms with E-state index in [0.29, 0.717) is 12.2 Å². The highest BCUT2D eigenvalue weighted by Crippen LogP contribution is 2.01. The summed E-state index contributed by atoms with van der Waals surface area (Å²) in [6.45, 7) is 0.552. The maximum Gasteiger partial charge on any atom is 0.326 e. The van der Waals surface area contributed by atoms with Crippen molar-refractivity contribution in [1.82, 2.24) is 20.6 Å². The molecular formula is C13H22N4O3S. The Kier molecular flexibility index (Phi) is 8.34. The smallest absolute Gasteiger partial charge is 0.326 e. The van der Waals surface area contributed by atoms with Gasteiger partial charge in [-0.2, -0.15) is 11.8 Å². The predicted molar refractivity (Wildman–Crippen MR) is 82.5 cm³/mol. The molecule has 0 aliphatic carbocycles. The quantitative estimate of drug-likeness (QED) is 0.486. The van der Waals surface area contributed by atoms with Crippen LogP contribution in [0.25, 0.3) is 0 Å². The first-order valence-electron chi connectivity index (χ1n) is 6.87. The van der Waals surface area contributed by atoms with Gasteiger partial charge in [0.25, 0.3) is 0 Å². The third-order valence-electron chi connectivity index (χ3n) is 2.89. The molecule has 0 saturated carbocycles. The van der Waals surface area contributed by atoms with E-state index in [9.17, 15) is 9.59 Å². The van der Waals surface area contributed by atoms with Crippen molar-refractivity contribution in [2.45, 2.75) is 31.7 Å². The Hall–Kier alpha value is -1.70. The molecule has 118 valence electrons. The molecule has 1 heterocycles. The molecule has 0 aromatic carbocycles. The molecule has 0 saturated heterocycles.